The van der Waals surface area contributed by atoms with Crippen molar-refractivity contribution in [3.8, 4) is 0 Å². The van der Waals surface area contributed by atoms with E-state index in [1.54, 1.807) is 0 Å². The van der Waals surface area contributed by atoms with Gasteiger partial charge in [0.15, 0.2) is 5.82 Å². The Hall–Kier alpha value is -1.47. The van der Waals surface area contributed by atoms with Crippen LogP contribution in [-0.4, -0.2) is 64.1 Å². The van der Waals surface area contributed by atoms with Crippen LogP contribution in [0.3, 0.4) is 0 Å². The minimum atomic E-state index is -0.0565. The number of piperazine rings is 1. The first-order valence-electron chi connectivity index (χ1n) is 9.07. The maximum Gasteiger partial charge on any atom is 0.243 e. The third-order valence-electron chi connectivity index (χ3n) is 5.08. The molecule has 0 radical (unpaired) electrons. The van der Waals surface area contributed by atoms with Crippen LogP contribution in [-0.2, 0) is 4.79 Å². The Balaban J connectivity index is 1.50. The first-order chi connectivity index (χ1) is 11.5. The molecule has 2 atom stereocenters. The van der Waals surface area contributed by atoms with E-state index in [1.165, 1.54) is 0 Å². The smallest absolute Gasteiger partial charge is 0.243 e. The molecule has 2 heterocycles. The van der Waals surface area contributed by atoms with Gasteiger partial charge >= 0.3 is 0 Å². The summed E-state index contributed by atoms with van der Waals surface area (Å²) in [6, 6.07) is 0.482. The van der Waals surface area contributed by atoms with Gasteiger partial charge in [-0.05, 0) is 26.7 Å². The summed E-state index contributed by atoms with van der Waals surface area (Å²) in [6.07, 6.45) is 2.26. The highest BCUT2D eigenvalue weighted by molar-refractivity contribution is 5.81. The van der Waals surface area contributed by atoms with Crippen molar-refractivity contribution in [2.75, 3.05) is 26.2 Å². The Morgan fingerprint density at radius 1 is 1.12 bits per heavy atom. The van der Waals surface area contributed by atoms with Gasteiger partial charge in [0.25, 0.3) is 0 Å². The predicted molar refractivity (Wildman–Crippen MR) is 90.6 cm³/mol. The normalized spacial score (nSPS) is 22.5. The number of nitrogens with zero attached hydrogens (tertiary/aromatic N) is 4. The average molecular weight is 335 g/mol. The number of hydrogen-bond acceptors (Lipinski definition) is 6. The second-order valence-electron chi connectivity index (χ2n) is 7.35. The Morgan fingerprint density at radius 3 is 2.29 bits per heavy atom. The molecule has 24 heavy (non-hydrogen) atoms. The lowest BCUT2D eigenvalue weighted by molar-refractivity contribution is -0.126. The Labute approximate surface area is 143 Å². The molecule has 1 aliphatic heterocycles. The van der Waals surface area contributed by atoms with Crippen LogP contribution in [0.2, 0.25) is 0 Å². The fraction of sp³-hybridized carbons (Fsp3) is 0.824. The number of amides is 1. The zero-order valence-electron chi connectivity index (χ0n) is 15.2. The Bertz CT molecular complexity index is 561. The Kier molecular flexibility index (Phi) is 5.20. The number of nitrogens with one attached hydrogen (secondary N) is 1. The summed E-state index contributed by atoms with van der Waals surface area (Å²) >= 11 is 0. The third kappa shape index (κ3) is 3.95. The highest BCUT2D eigenvalue weighted by Gasteiger charge is 2.32. The minimum Gasteiger partial charge on any atom is -0.352 e. The van der Waals surface area contributed by atoms with Gasteiger partial charge in [-0.2, -0.15) is 4.98 Å². The molecular weight excluding hydrogens is 306 g/mol. The molecule has 1 N–H and O–H groups in total. The van der Waals surface area contributed by atoms with Crippen molar-refractivity contribution in [3.05, 3.63) is 11.7 Å². The van der Waals surface area contributed by atoms with Crippen molar-refractivity contribution in [2.45, 2.75) is 64.6 Å². The fourth-order valence-electron chi connectivity index (χ4n) is 3.03. The highest BCUT2D eigenvalue weighted by atomic mass is 16.5. The standard InChI is InChI=1S/C17H29N5O2/c1-11(2)15-19-17(24-20-15)13(4)22-9-7-21(8-10-22)12(3)16(23)18-14-5-6-14/h11-14H,5-10H2,1-4H3,(H,18,23)/t12-,13-/m0/s1. The summed E-state index contributed by atoms with van der Waals surface area (Å²) in [5.41, 5.74) is 0. The molecule has 0 bridgehead atoms. The molecule has 1 aromatic rings. The molecular formula is C17H29N5O2. The second kappa shape index (κ2) is 7.19. The molecule has 0 aromatic carbocycles. The summed E-state index contributed by atoms with van der Waals surface area (Å²) in [7, 11) is 0. The molecule has 0 unspecified atom stereocenters. The molecule has 7 nitrogen and oxygen atoms in total. The van der Waals surface area contributed by atoms with Gasteiger partial charge in [0.1, 0.15) is 0 Å². The minimum absolute atomic E-state index is 0.0565. The maximum atomic E-state index is 12.2. The summed E-state index contributed by atoms with van der Waals surface area (Å²) in [5.74, 6) is 1.89. The zero-order chi connectivity index (χ0) is 17.3. The van der Waals surface area contributed by atoms with E-state index in [2.05, 4.69) is 46.0 Å². The maximum absolute atomic E-state index is 12.2. The van der Waals surface area contributed by atoms with E-state index in [0.29, 0.717) is 11.9 Å². The summed E-state index contributed by atoms with van der Waals surface area (Å²) in [5, 5.41) is 7.15. The first kappa shape index (κ1) is 17.4. The van der Waals surface area contributed by atoms with E-state index >= 15 is 0 Å². The van der Waals surface area contributed by atoms with Crippen LogP contribution in [0, 0.1) is 0 Å². The van der Waals surface area contributed by atoms with E-state index in [0.717, 1.165) is 44.8 Å². The average Bonchev–Trinajstić information content (AvgIpc) is 3.25. The summed E-state index contributed by atoms with van der Waals surface area (Å²) in [4.78, 5) is 21.3. The monoisotopic (exact) mass is 335 g/mol. The van der Waals surface area contributed by atoms with Gasteiger partial charge in [0.2, 0.25) is 11.8 Å². The van der Waals surface area contributed by atoms with Crippen molar-refractivity contribution in [3.63, 3.8) is 0 Å². The number of aromatic nitrogens is 2. The molecule has 2 fully saturated rings. The molecule has 134 valence electrons. The SMILES string of the molecule is CC(C)c1noc([C@H](C)N2CCN([C@@H](C)C(=O)NC3CC3)CC2)n1. The van der Waals surface area contributed by atoms with Crippen LogP contribution < -0.4 is 5.32 Å². The van der Waals surface area contributed by atoms with E-state index in [-0.39, 0.29) is 23.9 Å². The molecule has 7 heteroatoms. The molecule has 1 amide bonds. The Morgan fingerprint density at radius 2 is 1.75 bits per heavy atom. The molecule has 0 spiro atoms. The molecule has 1 saturated heterocycles. The van der Waals surface area contributed by atoms with Crippen LogP contribution in [0.1, 0.15) is 64.2 Å². The molecule has 3 rings (SSSR count). The lowest BCUT2D eigenvalue weighted by Crippen LogP contribution is -2.54. The number of carbonyl (C=O) groups excluding carboxylic acids is 1. The van der Waals surface area contributed by atoms with E-state index in [4.69, 9.17) is 4.52 Å². The van der Waals surface area contributed by atoms with Crippen LogP contribution in [0.4, 0.5) is 0 Å². The van der Waals surface area contributed by atoms with Crippen LogP contribution >= 0.6 is 0 Å². The quantitative estimate of drug-likeness (QED) is 0.850. The van der Waals surface area contributed by atoms with Gasteiger partial charge in [0.05, 0.1) is 12.1 Å². The third-order valence-corrected chi connectivity index (χ3v) is 5.08. The van der Waals surface area contributed by atoms with Gasteiger partial charge in [-0.1, -0.05) is 19.0 Å². The zero-order valence-corrected chi connectivity index (χ0v) is 15.2. The van der Waals surface area contributed by atoms with Crippen LogP contribution in [0.5, 0.6) is 0 Å². The number of rotatable bonds is 6. The largest absolute Gasteiger partial charge is 0.352 e. The van der Waals surface area contributed by atoms with Gasteiger partial charge in [-0.3, -0.25) is 14.6 Å². The van der Waals surface area contributed by atoms with E-state index in [1.807, 2.05) is 6.92 Å². The van der Waals surface area contributed by atoms with Gasteiger partial charge in [-0.25, -0.2) is 0 Å². The van der Waals surface area contributed by atoms with Crippen molar-refractivity contribution in [2.24, 2.45) is 0 Å². The number of carbonyl (C=O) groups is 1. The van der Waals surface area contributed by atoms with Crippen molar-refractivity contribution < 1.29 is 9.32 Å². The molecule has 1 saturated carbocycles. The van der Waals surface area contributed by atoms with Gasteiger partial charge in [0, 0.05) is 38.1 Å². The topological polar surface area (TPSA) is 74.5 Å². The van der Waals surface area contributed by atoms with Gasteiger partial charge < -0.3 is 9.84 Å². The lowest BCUT2D eigenvalue weighted by atomic mass is 10.1. The van der Waals surface area contributed by atoms with Gasteiger partial charge in [-0.15, -0.1) is 0 Å². The molecule has 1 aliphatic carbocycles. The van der Waals surface area contributed by atoms with E-state index < -0.39 is 0 Å². The summed E-state index contributed by atoms with van der Waals surface area (Å²) in [6.45, 7) is 11.8. The fourth-order valence-corrected chi connectivity index (χ4v) is 3.03. The molecule has 2 aliphatic rings. The number of hydrogen-bond donors (Lipinski definition) is 1. The first-order valence-corrected chi connectivity index (χ1v) is 9.07. The second-order valence-corrected chi connectivity index (χ2v) is 7.35. The van der Waals surface area contributed by atoms with Crippen LogP contribution in [0.15, 0.2) is 4.52 Å². The van der Waals surface area contributed by atoms with Crippen molar-refractivity contribution in [1.29, 1.82) is 0 Å². The van der Waals surface area contributed by atoms with Crippen molar-refractivity contribution in [1.82, 2.24) is 25.3 Å². The van der Waals surface area contributed by atoms with E-state index in [9.17, 15) is 4.79 Å². The summed E-state index contributed by atoms with van der Waals surface area (Å²) < 4.78 is 5.42. The predicted octanol–water partition coefficient (Wildman–Crippen LogP) is 1.54. The van der Waals surface area contributed by atoms with Crippen molar-refractivity contribution >= 4 is 5.91 Å². The highest BCUT2D eigenvalue weighted by Crippen LogP contribution is 2.23. The lowest BCUT2D eigenvalue weighted by Gasteiger charge is -2.39. The van der Waals surface area contributed by atoms with Crippen LogP contribution in [0.25, 0.3) is 0 Å². The molecule has 1 aromatic heterocycles.